The summed E-state index contributed by atoms with van der Waals surface area (Å²) in [6, 6.07) is 0. The molecule has 2 N–H and O–H groups in total. The van der Waals surface area contributed by atoms with Crippen molar-refractivity contribution in [3.8, 4) is 0 Å². The highest BCUT2D eigenvalue weighted by atomic mass is 32.2. The van der Waals surface area contributed by atoms with Gasteiger partial charge in [0.05, 0.1) is 6.10 Å². The van der Waals surface area contributed by atoms with Crippen LogP contribution in [-0.2, 0) is 17.7 Å². The number of rotatable bonds is 13. The highest BCUT2D eigenvalue weighted by Gasteiger charge is 2.14. The van der Waals surface area contributed by atoms with Crippen LogP contribution in [0.25, 0.3) is 0 Å². The van der Waals surface area contributed by atoms with E-state index in [0.29, 0.717) is 11.8 Å². The lowest BCUT2D eigenvalue weighted by atomic mass is 10.0. The van der Waals surface area contributed by atoms with Gasteiger partial charge in [-0.1, -0.05) is 39.5 Å². The fraction of sp³-hybridized carbons (Fsp3) is 0.850. The van der Waals surface area contributed by atoms with Gasteiger partial charge in [0.25, 0.3) is 0 Å². The van der Waals surface area contributed by atoms with Gasteiger partial charge in [-0.05, 0) is 37.9 Å². The summed E-state index contributed by atoms with van der Waals surface area (Å²) in [5.74, 6) is 3.01. The molecule has 1 unspecified atom stereocenters. The summed E-state index contributed by atoms with van der Waals surface area (Å²) in [5, 5.41) is 16.5. The molecule has 1 atom stereocenters. The predicted octanol–water partition coefficient (Wildman–Crippen LogP) is 3.20. The molecule has 162 valence electrons. The molecular formula is C20H40N6OS. The van der Waals surface area contributed by atoms with Crippen LogP contribution in [0.5, 0.6) is 0 Å². The van der Waals surface area contributed by atoms with Gasteiger partial charge in [0, 0.05) is 39.7 Å². The van der Waals surface area contributed by atoms with Crippen LogP contribution in [0.15, 0.2) is 10.1 Å². The third-order valence-corrected chi connectivity index (χ3v) is 5.13. The Balaban J connectivity index is 2.39. The van der Waals surface area contributed by atoms with Crippen molar-refractivity contribution >= 4 is 17.7 Å². The number of nitrogens with zero attached hydrogens (tertiary/aromatic N) is 4. The van der Waals surface area contributed by atoms with Gasteiger partial charge in [-0.25, -0.2) is 0 Å². The second kappa shape index (κ2) is 13.8. The number of nitrogens with one attached hydrogen (secondary N) is 2. The second-order valence-electron chi connectivity index (χ2n) is 7.66. The van der Waals surface area contributed by atoms with Gasteiger partial charge in [0.1, 0.15) is 5.82 Å². The number of aryl methyl sites for hydroxylation is 1. The molecule has 0 fully saturated rings. The first kappa shape index (κ1) is 24.8. The number of guanidine groups is 1. The molecule has 8 heteroatoms. The normalized spacial score (nSPS) is 13.4. The topological polar surface area (TPSA) is 76.4 Å². The minimum atomic E-state index is 0.286. The Labute approximate surface area is 175 Å². The first-order valence-electron chi connectivity index (χ1n) is 10.4. The Hall–Kier alpha value is -1.28. The van der Waals surface area contributed by atoms with Crippen molar-refractivity contribution in [3.05, 3.63) is 5.82 Å². The van der Waals surface area contributed by atoms with Crippen LogP contribution in [0.4, 0.5) is 0 Å². The molecule has 7 nitrogen and oxygen atoms in total. The number of hydrogen-bond donors (Lipinski definition) is 2. The number of ether oxygens (including phenoxy) is 1. The molecule has 0 amide bonds. The Morgan fingerprint density at radius 3 is 2.46 bits per heavy atom. The fourth-order valence-electron chi connectivity index (χ4n) is 3.03. The van der Waals surface area contributed by atoms with Crippen LogP contribution >= 0.6 is 11.8 Å². The fourth-order valence-corrected chi connectivity index (χ4v) is 3.56. The van der Waals surface area contributed by atoms with E-state index in [-0.39, 0.29) is 6.10 Å². The molecule has 0 saturated carbocycles. The van der Waals surface area contributed by atoms with E-state index in [1.54, 1.807) is 11.8 Å². The molecule has 0 aliphatic rings. The van der Waals surface area contributed by atoms with Gasteiger partial charge >= 0.3 is 0 Å². The van der Waals surface area contributed by atoms with E-state index in [2.05, 4.69) is 64.3 Å². The van der Waals surface area contributed by atoms with E-state index in [1.807, 2.05) is 14.0 Å². The zero-order chi connectivity index (χ0) is 20.9. The van der Waals surface area contributed by atoms with Crippen molar-refractivity contribution < 1.29 is 4.74 Å². The quantitative estimate of drug-likeness (QED) is 0.224. The molecule has 0 aliphatic carbocycles. The van der Waals surface area contributed by atoms with E-state index in [9.17, 15) is 0 Å². The molecule has 1 heterocycles. The molecular weight excluding hydrogens is 372 g/mol. The van der Waals surface area contributed by atoms with Crippen LogP contribution in [0, 0.1) is 11.8 Å². The first-order valence-corrected chi connectivity index (χ1v) is 11.7. The monoisotopic (exact) mass is 412 g/mol. The van der Waals surface area contributed by atoms with Gasteiger partial charge in [-0.15, -0.1) is 10.2 Å². The number of aliphatic imine (C=N–C) groups is 1. The molecule has 0 spiro atoms. The molecule has 0 bridgehead atoms. The molecule has 0 radical (unpaired) electrons. The van der Waals surface area contributed by atoms with Crippen molar-refractivity contribution in [3.63, 3.8) is 0 Å². The molecule has 1 aromatic heterocycles. The highest BCUT2D eigenvalue weighted by Crippen LogP contribution is 2.16. The zero-order valence-corrected chi connectivity index (χ0v) is 19.6. The summed E-state index contributed by atoms with van der Waals surface area (Å²) >= 11 is 1.66. The lowest BCUT2D eigenvalue weighted by Crippen LogP contribution is -2.39. The first-order chi connectivity index (χ1) is 13.4. The molecule has 1 rings (SSSR count). The van der Waals surface area contributed by atoms with Crippen LogP contribution in [0.2, 0.25) is 0 Å². The largest absolute Gasteiger partial charge is 0.378 e. The summed E-state index contributed by atoms with van der Waals surface area (Å²) in [5.41, 5.74) is 0. The smallest absolute Gasteiger partial charge is 0.190 e. The maximum atomic E-state index is 5.80. The Morgan fingerprint density at radius 1 is 1.18 bits per heavy atom. The van der Waals surface area contributed by atoms with Crippen LogP contribution in [0.3, 0.4) is 0 Å². The van der Waals surface area contributed by atoms with Crippen molar-refractivity contribution in [2.75, 3.05) is 33.0 Å². The van der Waals surface area contributed by atoms with E-state index >= 15 is 0 Å². The van der Waals surface area contributed by atoms with Crippen molar-refractivity contribution in [2.45, 2.75) is 71.7 Å². The molecule has 0 aromatic carbocycles. The van der Waals surface area contributed by atoms with E-state index in [1.165, 1.54) is 0 Å². The highest BCUT2D eigenvalue weighted by molar-refractivity contribution is 7.98. The van der Waals surface area contributed by atoms with Crippen molar-refractivity contribution in [1.82, 2.24) is 25.4 Å². The Morgan fingerprint density at radius 2 is 1.89 bits per heavy atom. The zero-order valence-electron chi connectivity index (χ0n) is 18.8. The van der Waals surface area contributed by atoms with E-state index in [4.69, 9.17) is 4.74 Å². The SMILES string of the molecule is CCOC(CCNC(=NC)NCCCc1nnc(SC)n1CC(C)C)C(C)C. The minimum Gasteiger partial charge on any atom is -0.378 e. The van der Waals surface area contributed by atoms with Gasteiger partial charge in [0.2, 0.25) is 0 Å². The standard InChI is InChI=1S/C20H40N6OS/c1-8-27-17(16(4)5)11-13-23-19(21-6)22-12-9-10-18-24-25-20(28-7)26(18)14-15(2)3/h15-17H,8-14H2,1-7H3,(H2,21,22,23). The molecule has 0 aliphatic heterocycles. The van der Waals surface area contributed by atoms with Crippen molar-refractivity contribution in [1.29, 1.82) is 0 Å². The Bertz CT molecular complexity index is 573. The minimum absolute atomic E-state index is 0.286. The second-order valence-corrected chi connectivity index (χ2v) is 8.44. The summed E-state index contributed by atoms with van der Waals surface area (Å²) in [6.07, 6.45) is 5.20. The van der Waals surface area contributed by atoms with Crippen LogP contribution < -0.4 is 10.6 Å². The van der Waals surface area contributed by atoms with Gasteiger partial charge < -0.3 is 19.9 Å². The van der Waals surface area contributed by atoms with Gasteiger partial charge in [-0.2, -0.15) is 0 Å². The Kier molecular flexibility index (Phi) is 12.2. The maximum Gasteiger partial charge on any atom is 0.190 e. The van der Waals surface area contributed by atoms with E-state index in [0.717, 1.165) is 62.4 Å². The summed E-state index contributed by atoms with van der Waals surface area (Å²) < 4.78 is 8.05. The van der Waals surface area contributed by atoms with Crippen LogP contribution in [0.1, 0.15) is 53.3 Å². The summed E-state index contributed by atoms with van der Waals surface area (Å²) in [6.45, 7) is 14.3. The molecule has 28 heavy (non-hydrogen) atoms. The number of hydrogen-bond acceptors (Lipinski definition) is 5. The van der Waals surface area contributed by atoms with E-state index < -0.39 is 0 Å². The lowest BCUT2D eigenvalue weighted by molar-refractivity contribution is 0.0258. The number of aromatic nitrogens is 3. The number of thioether (sulfide) groups is 1. The third kappa shape index (κ3) is 8.82. The lowest BCUT2D eigenvalue weighted by Gasteiger charge is -2.21. The average molecular weight is 413 g/mol. The van der Waals surface area contributed by atoms with Crippen LogP contribution in [-0.4, -0.2) is 59.8 Å². The summed E-state index contributed by atoms with van der Waals surface area (Å²) in [7, 11) is 1.81. The van der Waals surface area contributed by atoms with Crippen molar-refractivity contribution in [2.24, 2.45) is 16.8 Å². The molecule has 1 aromatic rings. The maximum absolute atomic E-state index is 5.80. The summed E-state index contributed by atoms with van der Waals surface area (Å²) in [4.78, 5) is 4.31. The predicted molar refractivity (Wildman–Crippen MR) is 119 cm³/mol. The van der Waals surface area contributed by atoms with Gasteiger partial charge in [0.15, 0.2) is 11.1 Å². The molecule has 0 saturated heterocycles. The average Bonchev–Trinajstić information content (AvgIpc) is 3.03. The van der Waals surface area contributed by atoms with Gasteiger partial charge in [-0.3, -0.25) is 4.99 Å². The third-order valence-electron chi connectivity index (χ3n) is 4.46.